The number of anilines is 1. The van der Waals surface area contributed by atoms with Gasteiger partial charge in [0.1, 0.15) is 5.82 Å². The quantitative estimate of drug-likeness (QED) is 0.818. The molecule has 0 aliphatic carbocycles. The molecule has 0 saturated heterocycles. The molecule has 1 aromatic rings. The van der Waals surface area contributed by atoms with Crippen molar-refractivity contribution < 1.29 is 9.18 Å². The van der Waals surface area contributed by atoms with Crippen LogP contribution in [-0.4, -0.2) is 11.9 Å². The third-order valence-corrected chi connectivity index (χ3v) is 1.86. The fraction of sp³-hybridized carbons (Fsp3) is 0.300. The number of halogens is 2. The van der Waals surface area contributed by atoms with Crippen molar-refractivity contribution in [3.05, 3.63) is 29.6 Å². The molecule has 0 fully saturated rings. The molecule has 0 aliphatic heterocycles. The monoisotopic (exact) mass is 232 g/mol. The first-order valence-electron chi connectivity index (χ1n) is 4.33. The Balaban J connectivity index is 0.00000196. The van der Waals surface area contributed by atoms with E-state index in [4.69, 9.17) is 5.73 Å². The molecule has 0 aromatic heterocycles. The summed E-state index contributed by atoms with van der Waals surface area (Å²) in [5, 5.41) is 2.61. The summed E-state index contributed by atoms with van der Waals surface area (Å²) in [7, 11) is 0. The largest absolute Gasteiger partial charge is 0.325 e. The molecule has 1 aromatic carbocycles. The summed E-state index contributed by atoms with van der Waals surface area (Å²) >= 11 is 0. The standard InChI is InChI=1S/C10H13FN2O.ClH/c1-6-5-8(11)3-4-9(6)13-10(14)7(2)12;/h3-5,7H,12H2,1-2H3,(H,13,14);1H. The first kappa shape index (κ1) is 13.9. The predicted octanol–water partition coefficient (Wildman–Crippen LogP) is 1.84. The molecule has 1 atom stereocenters. The third kappa shape index (κ3) is 3.85. The zero-order valence-corrected chi connectivity index (χ0v) is 9.40. The maximum absolute atomic E-state index is 12.7. The number of rotatable bonds is 2. The van der Waals surface area contributed by atoms with Crippen LogP contribution in [0.25, 0.3) is 0 Å². The van der Waals surface area contributed by atoms with Crippen LogP contribution in [0.2, 0.25) is 0 Å². The van der Waals surface area contributed by atoms with Crippen LogP contribution in [0, 0.1) is 12.7 Å². The molecule has 0 spiro atoms. The van der Waals surface area contributed by atoms with Crippen LogP contribution in [0.3, 0.4) is 0 Å². The Morgan fingerprint density at radius 2 is 2.13 bits per heavy atom. The van der Waals surface area contributed by atoms with Crippen molar-refractivity contribution in [2.75, 3.05) is 5.32 Å². The topological polar surface area (TPSA) is 55.1 Å². The van der Waals surface area contributed by atoms with Gasteiger partial charge in [-0.3, -0.25) is 4.79 Å². The van der Waals surface area contributed by atoms with Crippen LogP contribution >= 0.6 is 12.4 Å². The maximum Gasteiger partial charge on any atom is 0.241 e. The van der Waals surface area contributed by atoms with Crippen LogP contribution in [0.15, 0.2) is 18.2 Å². The van der Waals surface area contributed by atoms with E-state index in [9.17, 15) is 9.18 Å². The lowest BCUT2D eigenvalue weighted by molar-refractivity contribution is -0.117. The van der Waals surface area contributed by atoms with Crippen molar-refractivity contribution in [1.82, 2.24) is 0 Å². The van der Waals surface area contributed by atoms with Crippen molar-refractivity contribution in [3.63, 3.8) is 0 Å². The van der Waals surface area contributed by atoms with Gasteiger partial charge in [-0.05, 0) is 37.6 Å². The van der Waals surface area contributed by atoms with Crippen molar-refractivity contribution in [2.45, 2.75) is 19.9 Å². The van der Waals surface area contributed by atoms with E-state index in [1.165, 1.54) is 18.2 Å². The van der Waals surface area contributed by atoms with Gasteiger partial charge in [0.25, 0.3) is 0 Å². The first-order chi connectivity index (χ1) is 6.50. The molecule has 1 amide bonds. The molecule has 0 saturated carbocycles. The van der Waals surface area contributed by atoms with Gasteiger partial charge in [-0.25, -0.2) is 4.39 Å². The minimum atomic E-state index is -0.570. The van der Waals surface area contributed by atoms with Gasteiger partial charge in [0.05, 0.1) is 6.04 Å². The summed E-state index contributed by atoms with van der Waals surface area (Å²) in [5.41, 5.74) is 6.65. The van der Waals surface area contributed by atoms with Crippen LogP contribution < -0.4 is 11.1 Å². The van der Waals surface area contributed by atoms with Crippen LogP contribution in [0.5, 0.6) is 0 Å². The summed E-state index contributed by atoms with van der Waals surface area (Å²) < 4.78 is 12.7. The zero-order valence-electron chi connectivity index (χ0n) is 8.58. The van der Waals surface area contributed by atoms with Gasteiger partial charge in [-0.2, -0.15) is 0 Å². The molecular weight excluding hydrogens is 219 g/mol. The summed E-state index contributed by atoms with van der Waals surface area (Å²) in [6.07, 6.45) is 0. The van der Waals surface area contributed by atoms with Gasteiger partial charge in [-0.15, -0.1) is 12.4 Å². The molecule has 84 valence electrons. The van der Waals surface area contributed by atoms with E-state index in [0.29, 0.717) is 11.3 Å². The van der Waals surface area contributed by atoms with Crippen molar-refractivity contribution >= 4 is 24.0 Å². The second-order valence-electron chi connectivity index (χ2n) is 3.24. The van der Waals surface area contributed by atoms with Gasteiger partial charge >= 0.3 is 0 Å². The molecule has 5 heteroatoms. The highest BCUT2D eigenvalue weighted by Gasteiger charge is 2.08. The van der Waals surface area contributed by atoms with E-state index in [1.54, 1.807) is 13.8 Å². The summed E-state index contributed by atoms with van der Waals surface area (Å²) in [5.74, 6) is -0.596. The highest BCUT2D eigenvalue weighted by atomic mass is 35.5. The van der Waals surface area contributed by atoms with Crippen molar-refractivity contribution in [3.8, 4) is 0 Å². The lowest BCUT2D eigenvalue weighted by Gasteiger charge is -2.09. The highest BCUT2D eigenvalue weighted by Crippen LogP contribution is 2.15. The van der Waals surface area contributed by atoms with Crippen LogP contribution in [0.1, 0.15) is 12.5 Å². The van der Waals surface area contributed by atoms with Gasteiger partial charge in [-0.1, -0.05) is 0 Å². The number of carbonyl (C=O) groups excluding carboxylic acids is 1. The van der Waals surface area contributed by atoms with Gasteiger partial charge in [0.2, 0.25) is 5.91 Å². The Morgan fingerprint density at radius 3 is 2.60 bits per heavy atom. The summed E-state index contributed by atoms with van der Waals surface area (Å²) in [4.78, 5) is 11.2. The Kier molecular flexibility index (Phi) is 5.25. The fourth-order valence-corrected chi connectivity index (χ4v) is 1.01. The summed E-state index contributed by atoms with van der Waals surface area (Å²) in [6, 6.07) is 3.60. The second-order valence-corrected chi connectivity index (χ2v) is 3.24. The molecule has 0 radical (unpaired) electrons. The van der Waals surface area contributed by atoms with E-state index in [0.717, 1.165) is 0 Å². The molecule has 0 bridgehead atoms. The van der Waals surface area contributed by atoms with Gasteiger partial charge in [0, 0.05) is 5.69 Å². The number of amides is 1. The SMILES string of the molecule is Cc1cc(F)ccc1NC(=O)C(C)N.Cl. The number of nitrogens with two attached hydrogens (primary N) is 1. The number of benzene rings is 1. The number of hydrogen-bond donors (Lipinski definition) is 2. The van der Waals surface area contributed by atoms with Gasteiger partial charge in [0.15, 0.2) is 0 Å². The lowest BCUT2D eigenvalue weighted by Crippen LogP contribution is -2.32. The first-order valence-corrected chi connectivity index (χ1v) is 4.33. The minimum absolute atomic E-state index is 0. The number of nitrogens with one attached hydrogen (secondary N) is 1. The molecule has 1 unspecified atom stereocenters. The Morgan fingerprint density at radius 1 is 1.53 bits per heavy atom. The summed E-state index contributed by atoms with van der Waals surface area (Å²) in [6.45, 7) is 3.31. The molecular formula is C10H14ClFN2O. The number of aryl methyl sites for hydroxylation is 1. The van der Waals surface area contributed by atoms with E-state index >= 15 is 0 Å². The molecule has 0 aliphatic rings. The molecule has 3 N–H and O–H groups in total. The lowest BCUT2D eigenvalue weighted by atomic mass is 10.2. The second kappa shape index (κ2) is 5.68. The fourth-order valence-electron chi connectivity index (χ4n) is 1.01. The maximum atomic E-state index is 12.7. The number of carbonyl (C=O) groups is 1. The average molecular weight is 233 g/mol. The predicted molar refractivity (Wildman–Crippen MR) is 60.7 cm³/mol. The van der Waals surface area contributed by atoms with E-state index in [2.05, 4.69) is 5.32 Å². The molecule has 1 rings (SSSR count). The molecule has 15 heavy (non-hydrogen) atoms. The Hall–Kier alpha value is -1.13. The zero-order chi connectivity index (χ0) is 10.7. The van der Waals surface area contributed by atoms with E-state index < -0.39 is 6.04 Å². The Bertz CT molecular complexity index is 355. The van der Waals surface area contributed by atoms with Gasteiger partial charge < -0.3 is 11.1 Å². The van der Waals surface area contributed by atoms with E-state index in [-0.39, 0.29) is 24.1 Å². The van der Waals surface area contributed by atoms with Crippen LogP contribution in [-0.2, 0) is 4.79 Å². The van der Waals surface area contributed by atoms with Crippen molar-refractivity contribution in [1.29, 1.82) is 0 Å². The Labute approximate surface area is 94.3 Å². The average Bonchev–Trinajstić information content (AvgIpc) is 2.09. The van der Waals surface area contributed by atoms with Crippen molar-refractivity contribution in [2.24, 2.45) is 5.73 Å². The molecule has 0 heterocycles. The minimum Gasteiger partial charge on any atom is -0.325 e. The smallest absolute Gasteiger partial charge is 0.241 e. The third-order valence-electron chi connectivity index (χ3n) is 1.86. The highest BCUT2D eigenvalue weighted by molar-refractivity contribution is 5.94. The van der Waals surface area contributed by atoms with Crippen LogP contribution in [0.4, 0.5) is 10.1 Å². The molecule has 3 nitrogen and oxygen atoms in total. The normalized spacial score (nSPS) is 11.5. The van der Waals surface area contributed by atoms with E-state index in [1.807, 2.05) is 0 Å². The number of hydrogen-bond acceptors (Lipinski definition) is 2.